The van der Waals surface area contributed by atoms with Gasteiger partial charge in [-0.15, -0.1) is 0 Å². The lowest BCUT2D eigenvalue weighted by Gasteiger charge is -2.28. The molecule has 2 rings (SSSR count). The minimum Gasteiger partial charge on any atom is -0.497 e. The van der Waals surface area contributed by atoms with E-state index in [-0.39, 0.29) is 5.91 Å². The summed E-state index contributed by atoms with van der Waals surface area (Å²) in [4.78, 5) is 14.3. The fourth-order valence-corrected chi connectivity index (χ4v) is 3.12. The first-order valence-electron chi connectivity index (χ1n) is 7.48. The molecule has 1 fully saturated rings. The third-order valence-electron chi connectivity index (χ3n) is 4.23. The highest BCUT2D eigenvalue weighted by molar-refractivity contribution is 5.92. The van der Waals surface area contributed by atoms with E-state index >= 15 is 0 Å². The van der Waals surface area contributed by atoms with Gasteiger partial charge in [0.25, 0.3) is 0 Å². The quantitative estimate of drug-likeness (QED) is 0.837. The molecule has 1 aromatic rings. The SMILES string of the molecule is COc1cccc(NC(=O)CN(C)C2CCCC2CN)c1. The van der Waals surface area contributed by atoms with Gasteiger partial charge in [0, 0.05) is 17.8 Å². The fraction of sp³-hybridized carbons (Fsp3) is 0.562. The zero-order valence-corrected chi connectivity index (χ0v) is 12.8. The number of carbonyl (C=O) groups is 1. The van der Waals surface area contributed by atoms with Gasteiger partial charge in [0.1, 0.15) is 5.75 Å². The van der Waals surface area contributed by atoms with Gasteiger partial charge < -0.3 is 15.8 Å². The molecule has 2 unspecified atom stereocenters. The van der Waals surface area contributed by atoms with E-state index < -0.39 is 0 Å². The van der Waals surface area contributed by atoms with Crippen LogP contribution in [0.2, 0.25) is 0 Å². The number of ether oxygens (including phenoxy) is 1. The molecule has 0 aromatic heterocycles. The highest BCUT2D eigenvalue weighted by atomic mass is 16.5. The number of hydrogen-bond donors (Lipinski definition) is 2. The third kappa shape index (κ3) is 4.19. The average molecular weight is 291 g/mol. The van der Waals surface area contributed by atoms with Crippen LogP contribution in [0.15, 0.2) is 24.3 Å². The standard InChI is InChI=1S/C16H25N3O2/c1-19(15-8-3-5-12(15)10-17)11-16(20)18-13-6-4-7-14(9-13)21-2/h4,6-7,9,12,15H,3,5,8,10-11,17H2,1-2H3,(H,18,20). The Labute approximate surface area is 126 Å². The summed E-state index contributed by atoms with van der Waals surface area (Å²) < 4.78 is 5.15. The van der Waals surface area contributed by atoms with Gasteiger partial charge >= 0.3 is 0 Å². The van der Waals surface area contributed by atoms with E-state index in [1.807, 2.05) is 31.3 Å². The lowest BCUT2D eigenvalue weighted by Crippen LogP contribution is -2.41. The van der Waals surface area contributed by atoms with Crippen LogP contribution in [0.3, 0.4) is 0 Å². The zero-order valence-electron chi connectivity index (χ0n) is 12.8. The topological polar surface area (TPSA) is 67.6 Å². The highest BCUT2D eigenvalue weighted by Crippen LogP contribution is 2.28. The Balaban J connectivity index is 1.88. The predicted octanol–water partition coefficient (Wildman–Crippen LogP) is 1.69. The Hall–Kier alpha value is -1.59. The molecule has 0 heterocycles. The molecule has 0 bridgehead atoms. The number of nitrogens with one attached hydrogen (secondary N) is 1. The van der Waals surface area contributed by atoms with Gasteiger partial charge in [-0.1, -0.05) is 12.5 Å². The van der Waals surface area contributed by atoms with E-state index in [9.17, 15) is 4.79 Å². The molecular weight excluding hydrogens is 266 g/mol. The van der Waals surface area contributed by atoms with Crippen molar-refractivity contribution in [3.05, 3.63) is 24.3 Å². The molecule has 0 radical (unpaired) electrons. The molecule has 3 N–H and O–H groups in total. The molecule has 1 aliphatic carbocycles. The number of hydrogen-bond acceptors (Lipinski definition) is 4. The van der Waals surface area contributed by atoms with E-state index in [1.165, 1.54) is 12.8 Å². The van der Waals surface area contributed by atoms with Crippen molar-refractivity contribution >= 4 is 11.6 Å². The van der Waals surface area contributed by atoms with Crippen molar-refractivity contribution in [2.75, 3.05) is 32.6 Å². The molecule has 1 amide bonds. The van der Waals surface area contributed by atoms with Crippen LogP contribution in [0, 0.1) is 5.92 Å². The number of nitrogens with zero attached hydrogens (tertiary/aromatic N) is 1. The van der Waals surface area contributed by atoms with Crippen molar-refractivity contribution in [1.82, 2.24) is 4.90 Å². The zero-order chi connectivity index (χ0) is 15.2. The van der Waals surface area contributed by atoms with E-state index in [1.54, 1.807) is 7.11 Å². The first kappa shape index (κ1) is 15.8. The lowest BCUT2D eigenvalue weighted by atomic mass is 10.0. The van der Waals surface area contributed by atoms with Crippen LogP contribution in [-0.4, -0.2) is 44.1 Å². The molecule has 0 spiro atoms. The van der Waals surface area contributed by atoms with Gasteiger partial charge in [-0.05, 0) is 44.5 Å². The first-order chi connectivity index (χ1) is 10.1. The summed E-state index contributed by atoms with van der Waals surface area (Å²) in [7, 11) is 3.62. The van der Waals surface area contributed by atoms with Crippen LogP contribution in [0.25, 0.3) is 0 Å². The van der Waals surface area contributed by atoms with Crippen molar-refractivity contribution in [2.24, 2.45) is 11.7 Å². The van der Waals surface area contributed by atoms with Crippen LogP contribution >= 0.6 is 0 Å². The van der Waals surface area contributed by atoms with Crippen molar-refractivity contribution in [3.8, 4) is 5.75 Å². The monoisotopic (exact) mass is 291 g/mol. The largest absolute Gasteiger partial charge is 0.497 e. The van der Waals surface area contributed by atoms with Crippen molar-refractivity contribution in [1.29, 1.82) is 0 Å². The van der Waals surface area contributed by atoms with Gasteiger partial charge in [-0.2, -0.15) is 0 Å². The predicted molar refractivity (Wildman–Crippen MR) is 84.4 cm³/mol. The van der Waals surface area contributed by atoms with Crippen molar-refractivity contribution in [3.63, 3.8) is 0 Å². The van der Waals surface area contributed by atoms with Gasteiger partial charge in [0.05, 0.1) is 13.7 Å². The molecule has 0 aliphatic heterocycles. The summed E-state index contributed by atoms with van der Waals surface area (Å²) in [5.74, 6) is 1.24. The van der Waals surface area contributed by atoms with E-state index in [0.29, 0.717) is 25.0 Å². The van der Waals surface area contributed by atoms with Gasteiger partial charge in [0.15, 0.2) is 0 Å². The van der Waals surface area contributed by atoms with Crippen LogP contribution in [0.1, 0.15) is 19.3 Å². The summed E-state index contributed by atoms with van der Waals surface area (Å²) in [6, 6.07) is 7.81. The molecule has 21 heavy (non-hydrogen) atoms. The molecule has 1 saturated carbocycles. The summed E-state index contributed by atoms with van der Waals surface area (Å²) in [6.45, 7) is 1.09. The summed E-state index contributed by atoms with van der Waals surface area (Å²) >= 11 is 0. The molecule has 1 aliphatic rings. The van der Waals surface area contributed by atoms with E-state index in [0.717, 1.165) is 17.9 Å². The van der Waals surface area contributed by atoms with Crippen molar-refractivity contribution in [2.45, 2.75) is 25.3 Å². The molecule has 1 aromatic carbocycles. The third-order valence-corrected chi connectivity index (χ3v) is 4.23. The number of amides is 1. The summed E-state index contributed by atoms with van der Waals surface area (Å²) in [5, 5.41) is 2.91. The smallest absolute Gasteiger partial charge is 0.238 e. The first-order valence-corrected chi connectivity index (χ1v) is 7.48. The second kappa shape index (κ2) is 7.43. The van der Waals surface area contributed by atoms with Crippen LogP contribution in [0.5, 0.6) is 5.75 Å². The number of anilines is 1. The number of nitrogens with two attached hydrogens (primary N) is 1. The maximum atomic E-state index is 12.1. The Morgan fingerprint density at radius 1 is 1.48 bits per heavy atom. The molecule has 0 saturated heterocycles. The fourth-order valence-electron chi connectivity index (χ4n) is 3.12. The molecule has 2 atom stereocenters. The number of methoxy groups -OCH3 is 1. The van der Waals surface area contributed by atoms with Crippen LogP contribution in [0.4, 0.5) is 5.69 Å². The Morgan fingerprint density at radius 3 is 3.00 bits per heavy atom. The normalized spacial score (nSPS) is 21.5. The van der Waals surface area contributed by atoms with Gasteiger partial charge in [-0.25, -0.2) is 0 Å². The van der Waals surface area contributed by atoms with Gasteiger partial charge in [0.2, 0.25) is 5.91 Å². The van der Waals surface area contributed by atoms with E-state index in [4.69, 9.17) is 10.5 Å². The number of likely N-dealkylation sites (N-methyl/N-ethyl adjacent to an activating group) is 1. The highest BCUT2D eigenvalue weighted by Gasteiger charge is 2.29. The van der Waals surface area contributed by atoms with Gasteiger partial charge in [-0.3, -0.25) is 9.69 Å². The molecule has 5 nitrogen and oxygen atoms in total. The molecular formula is C16H25N3O2. The van der Waals surface area contributed by atoms with Crippen LogP contribution in [-0.2, 0) is 4.79 Å². The number of carbonyl (C=O) groups excluding carboxylic acids is 1. The maximum absolute atomic E-state index is 12.1. The molecule has 5 heteroatoms. The lowest BCUT2D eigenvalue weighted by molar-refractivity contribution is -0.117. The second-order valence-corrected chi connectivity index (χ2v) is 5.69. The minimum absolute atomic E-state index is 0.00609. The van der Waals surface area contributed by atoms with Crippen LogP contribution < -0.4 is 15.8 Å². The maximum Gasteiger partial charge on any atom is 0.238 e. The Morgan fingerprint density at radius 2 is 2.29 bits per heavy atom. The van der Waals surface area contributed by atoms with Crippen molar-refractivity contribution < 1.29 is 9.53 Å². The van der Waals surface area contributed by atoms with E-state index in [2.05, 4.69) is 10.2 Å². The number of rotatable bonds is 6. The Bertz CT molecular complexity index is 478. The average Bonchev–Trinajstić information content (AvgIpc) is 2.95. The Kier molecular flexibility index (Phi) is 5.59. The second-order valence-electron chi connectivity index (χ2n) is 5.69. The summed E-state index contributed by atoms with van der Waals surface area (Å²) in [6.07, 6.45) is 3.50. The molecule has 116 valence electrons. The minimum atomic E-state index is -0.00609. The summed E-state index contributed by atoms with van der Waals surface area (Å²) in [5.41, 5.74) is 6.57. The number of benzene rings is 1.